The lowest BCUT2D eigenvalue weighted by molar-refractivity contribution is -0.384. The molecular weight excluding hydrogens is 486 g/mol. The van der Waals surface area contributed by atoms with Crippen molar-refractivity contribution in [3.05, 3.63) is 101 Å². The highest BCUT2D eigenvalue weighted by Crippen LogP contribution is 2.35. The van der Waals surface area contributed by atoms with E-state index in [2.05, 4.69) is 4.99 Å². The van der Waals surface area contributed by atoms with Gasteiger partial charge in [0.05, 0.1) is 34.4 Å². The summed E-state index contributed by atoms with van der Waals surface area (Å²) in [4.78, 5) is 42.4. The number of aromatic nitrogens is 1. The van der Waals surface area contributed by atoms with Crippen molar-refractivity contribution in [1.29, 1.82) is 0 Å². The molecule has 36 heavy (non-hydrogen) atoms. The van der Waals surface area contributed by atoms with E-state index in [9.17, 15) is 19.7 Å². The number of nitrogens with zero attached hydrogens (tertiary/aromatic N) is 3. The minimum atomic E-state index is -0.847. The molecule has 1 aliphatic heterocycles. The molecule has 0 radical (unpaired) electrons. The molecule has 1 aromatic heterocycles. The monoisotopic (exact) mass is 509 g/mol. The van der Waals surface area contributed by atoms with Crippen LogP contribution in [0, 0.1) is 10.1 Å². The predicted octanol–water partition coefficient (Wildman–Crippen LogP) is 2.34. The van der Waals surface area contributed by atoms with Crippen molar-refractivity contribution >= 4 is 29.1 Å². The van der Waals surface area contributed by atoms with E-state index in [-0.39, 0.29) is 24.5 Å². The van der Waals surface area contributed by atoms with Crippen molar-refractivity contribution in [1.82, 2.24) is 4.57 Å². The molecule has 0 saturated carbocycles. The smallest absolute Gasteiger partial charge is 0.338 e. The van der Waals surface area contributed by atoms with E-state index < -0.39 is 22.5 Å². The van der Waals surface area contributed by atoms with E-state index in [1.807, 2.05) is 0 Å². The number of ether oxygens (including phenoxy) is 3. The fraction of sp³-hybridized carbons (Fsp3) is 0.240. The van der Waals surface area contributed by atoms with Gasteiger partial charge in [-0.05, 0) is 24.6 Å². The van der Waals surface area contributed by atoms with Gasteiger partial charge < -0.3 is 14.2 Å². The van der Waals surface area contributed by atoms with Crippen molar-refractivity contribution in [2.24, 2.45) is 4.99 Å². The summed E-state index contributed by atoms with van der Waals surface area (Å²) < 4.78 is 17.7. The van der Waals surface area contributed by atoms with Crippen LogP contribution in [-0.4, -0.2) is 42.9 Å². The first-order valence-corrected chi connectivity index (χ1v) is 11.7. The molecule has 11 heteroatoms. The zero-order valence-corrected chi connectivity index (χ0v) is 20.6. The normalized spacial score (nSPS) is 15.3. The van der Waals surface area contributed by atoms with E-state index in [4.69, 9.17) is 14.2 Å². The lowest BCUT2D eigenvalue weighted by atomic mass is 9.95. The number of esters is 1. The second kappa shape index (κ2) is 10.7. The highest BCUT2D eigenvalue weighted by molar-refractivity contribution is 7.07. The van der Waals surface area contributed by atoms with Gasteiger partial charge in [0.25, 0.3) is 11.2 Å². The van der Waals surface area contributed by atoms with Gasteiger partial charge in [0.15, 0.2) is 4.80 Å². The third-order valence-electron chi connectivity index (χ3n) is 5.57. The maximum Gasteiger partial charge on any atom is 0.338 e. The molecule has 10 nitrogen and oxygen atoms in total. The van der Waals surface area contributed by atoms with Crippen LogP contribution in [0.5, 0.6) is 5.75 Å². The Labute approximate surface area is 209 Å². The van der Waals surface area contributed by atoms with Gasteiger partial charge in [-0.1, -0.05) is 41.7 Å². The van der Waals surface area contributed by atoms with Crippen LogP contribution in [0.4, 0.5) is 5.69 Å². The van der Waals surface area contributed by atoms with Crippen molar-refractivity contribution < 1.29 is 23.9 Å². The van der Waals surface area contributed by atoms with Gasteiger partial charge in [-0.15, -0.1) is 0 Å². The summed E-state index contributed by atoms with van der Waals surface area (Å²) in [5.41, 5.74) is 1.24. The minimum absolute atomic E-state index is 0.0436. The number of rotatable bonds is 8. The van der Waals surface area contributed by atoms with Gasteiger partial charge in [0.2, 0.25) is 0 Å². The SMILES string of the molecule is COCCOC(=O)C1=C(C)N=c2sc(=Cc3cccc([N+](=O)[O-])c3)c(=O)n2C1c1ccccc1OC. The van der Waals surface area contributed by atoms with Crippen molar-refractivity contribution in [2.75, 3.05) is 27.4 Å². The average molecular weight is 510 g/mol. The number of carbonyl (C=O) groups is 1. The number of nitro groups is 1. The van der Waals surface area contributed by atoms with Crippen LogP contribution in [0.3, 0.4) is 0 Å². The lowest BCUT2D eigenvalue weighted by Gasteiger charge is -2.26. The Balaban J connectivity index is 1.92. The van der Waals surface area contributed by atoms with E-state index >= 15 is 0 Å². The van der Waals surface area contributed by atoms with Crippen LogP contribution in [0.2, 0.25) is 0 Å². The molecule has 0 amide bonds. The van der Waals surface area contributed by atoms with Crippen LogP contribution in [-0.2, 0) is 14.3 Å². The minimum Gasteiger partial charge on any atom is -0.496 e. The van der Waals surface area contributed by atoms with E-state index in [0.717, 1.165) is 11.3 Å². The number of hydrogen-bond acceptors (Lipinski definition) is 9. The number of allylic oxidation sites excluding steroid dienone is 1. The molecule has 186 valence electrons. The maximum atomic E-state index is 13.7. The largest absolute Gasteiger partial charge is 0.496 e. The summed E-state index contributed by atoms with van der Waals surface area (Å²) >= 11 is 1.13. The third kappa shape index (κ3) is 4.83. The van der Waals surface area contributed by atoms with Crippen molar-refractivity contribution in [3.8, 4) is 5.75 Å². The Hall–Kier alpha value is -4.09. The number of carbonyl (C=O) groups excluding carboxylic acids is 1. The summed E-state index contributed by atoms with van der Waals surface area (Å²) in [7, 11) is 3.01. The standard InChI is InChI=1S/C25H23N3O7S/c1-15-21(24(30)35-12-11-33-2)22(18-9-4-5-10-19(18)34-3)27-23(29)20(36-25(27)26-15)14-16-7-6-8-17(13-16)28(31)32/h4-10,13-14,22H,11-12H2,1-3H3. The highest BCUT2D eigenvalue weighted by atomic mass is 32.1. The molecule has 0 spiro atoms. The number of nitro benzene ring substituents is 1. The van der Waals surface area contributed by atoms with Crippen LogP contribution in [0.25, 0.3) is 6.08 Å². The third-order valence-corrected chi connectivity index (χ3v) is 6.56. The van der Waals surface area contributed by atoms with Gasteiger partial charge in [0.1, 0.15) is 18.4 Å². The summed E-state index contributed by atoms with van der Waals surface area (Å²) in [6.07, 6.45) is 1.58. The molecular formula is C25H23N3O7S. The van der Waals surface area contributed by atoms with Gasteiger partial charge in [-0.3, -0.25) is 19.5 Å². The Morgan fingerprint density at radius 3 is 2.69 bits per heavy atom. The summed E-state index contributed by atoms with van der Waals surface area (Å²) in [6, 6.07) is 12.3. The van der Waals surface area contributed by atoms with Crippen LogP contribution < -0.4 is 19.6 Å². The first-order valence-electron chi connectivity index (χ1n) is 10.9. The molecule has 1 atom stereocenters. The van der Waals surface area contributed by atoms with Crippen LogP contribution in [0.1, 0.15) is 24.1 Å². The Bertz CT molecular complexity index is 1540. The van der Waals surface area contributed by atoms with Crippen LogP contribution >= 0.6 is 11.3 Å². The maximum absolute atomic E-state index is 13.7. The second-order valence-corrected chi connectivity index (χ2v) is 8.81. The quantitative estimate of drug-likeness (QED) is 0.198. The Morgan fingerprint density at radius 2 is 1.97 bits per heavy atom. The number of thiazole rings is 1. The molecule has 2 aromatic carbocycles. The summed E-state index contributed by atoms with van der Waals surface area (Å²) in [5, 5.41) is 11.2. The van der Waals surface area contributed by atoms with Crippen LogP contribution in [0.15, 0.2) is 69.6 Å². The molecule has 2 heterocycles. The number of fused-ring (bicyclic) bond motifs is 1. The van der Waals surface area contributed by atoms with Crippen molar-refractivity contribution in [2.45, 2.75) is 13.0 Å². The number of para-hydroxylation sites is 1. The predicted molar refractivity (Wildman–Crippen MR) is 133 cm³/mol. The molecule has 4 rings (SSSR count). The molecule has 0 N–H and O–H groups in total. The van der Waals surface area contributed by atoms with Gasteiger partial charge >= 0.3 is 5.97 Å². The van der Waals surface area contributed by atoms with Gasteiger partial charge in [-0.25, -0.2) is 9.79 Å². The summed E-state index contributed by atoms with van der Waals surface area (Å²) in [5.74, 6) is -0.121. The first kappa shape index (κ1) is 25.0. The Kier molecular flexibility index (Phi) is 7.41. The van der Waals surface area contributed by atoms with Crippen molar-refractivity contribution in [3.63, 3.8) is 0 Å². The Morgan fingerprint density at radius 1 is 1.19 bits per heavy atom. The molecule has 0 aliphatic carbocycles. The molecule has 1 unspecified atom stereocenters. The topological polar surface area (TPSA) is 122 Å². The summed E-state index contributed by atoms with van der Waals surface area (Å²) in [6.45, 7) is 1.95. The number of non-ortho nitro benzene ring substituents is 1. The van der Waals surface area contributed by atoms with Gasteiger partial charge in [0, 0.05) is 24.8 Å². The zero-order chi connectivity index (χ0) is 25.8. The molecule has 0 fully saturated rings. The fourth-order valence-corrected chi connectivity index (χ4v) is 4.99. The number of benzene rings is 2. The lowest BCUT2D eigenvalue weighted by Crippen LogP contribution is -2.40. The highest BCUT2D eigenvalue weighted by Gasteiger charge is 2.35. The zero-order valence-electron chi connectivity index (χ0n) is 19.8. The van der Waals surface area contributed by atoms with Gasteiger partial charge in [-0.2, -0.15) is 0 Å². The number of methoxy groups -OCH3 is 2. The fourth-order valence-electron chi connectivity index (χ4n) is 3.94. The van der Waals surface area contributed by atoms with E-state index in [1.54, 1.807) is 49.4 Å². The molecule has 3 aromatic rings. The second-order valence-electron chi connectivity index (χ2n) is 7.80. The molecule has 1 aliphatic rings. The van der Waals surface area contributed by atoms with E-state index in [0.29, 0.717) is 31.9 Å². The van der Waals surface area contributed by atoms with E-state index in [1.165, 1.54) is 30.9 Å². The first-order chi connectivity index (χ1) is 17.3. The average Bonchev–Trinajstić information content (AvgIpc) is 3.17. The molecule has 0 saturated heterocycles. The molecule has 0 bridgehead atoms. The number of hydrogen-bond donors (Lipinski definition) is 0.